The Bertz CT molecular complexity index is 809. The third-order valence-corrected chi connectivity index (χ3v) is 6.72. The average molecular weight is 420 g/mol. The first kappa shape index (κ1) is 21.8. The summed E-state index contributed by atoms with van der Waals surface area (Å²) in [4.78, 5) is 4.42. The van der Waals surface area contributed by atoms with E-state index in [0.717, 1.165) is 66.8 Å². The second kappa shape index (κ2) is 10.3. The number of aliphatic imine (C=N–C) groups is 1. The third-order valence-electron chi connectivity index (χ3n) is 5.26. The van der Waals surface area contributed by atoms with Crippen molar-refractivity contribution in [3.63, 3.8) is 0 Å². The topological polar surface area (TPSA) is 68.0 Å². The van der Waals surface area contributed by atoms with E-state index in [4.69, 9.17) is 13.9 Å². The maximum absolute atomic E-state index is 6.12. The molecule has 0 bridgehead atoms. The number of ether oxygens (including phenoxy) is 2. The Labute approximate surface area is 177 Å². The normalized spacial score (nSPS) is 17.9. The van der Waals surface area contributed by atoms with Crippen LogP contribution in [0.3, 0.4) is 0 Å². The number of hydrogen-bond donors (Lipinski definition) is 2. The molecule has 3 rings (SSSR count). The van der Waals surface area contributed by atoms with E-state index in [1.165, 1.54) is 0 Å². The van der Waals surface area contributed by atoms with E-state index < -0.39 is 0 Å². The van der Waals surface area contributed by atoms with Crippen LogP contribution >= 0.6 is 11.8 Å². The summed E-state index contributed by atoms with van der Waals surface area (Å²) in [6.45, 7) is 9.42. The number of hydrogen-bond acceptors (Lipinski definition) is 5. The molecule has 1 aromatic heterocycles. The van der Waals surface area contributed by atoms with E-state index in [1.54, 1.807) is 7.05 Å². The summed E-state index contributed by atoms with van der Waals surface area (Å²) in [5.74, 6) is 3.53. The molecule has 7 heteroatoms. The summed E-state index contributed by atoms with van der Waals surface area (Å²) in [6, 6.07) is 8.02. The van der Waals surface area contributed by atoms with Gasteiger partial charge in [0.2, 0.25) is 0 Å². The van der Waals surface area contributed by atoms with Crippen LogP contribution in [0, 0.1) is 0 Å². The summed E-state index contributed by atoms with van der Waals surface area (Å²) in [5, 5.41) is 8.03. The zero-order valence-electron chi connectivity index (χ0n) is 17.9. The maximum Gasteiger partial charge on any atom is 0.191 e. The van der Waals surface area contributed by atoms with Crippen LogP contribution in [0.25, 0.3) is 11.0 Å². The van der Waals surface area contributed by atoms with Gasteiger partial charge in [-0.15, -0.1) is 0 Å². The lowest BCUT2D eigenvalue weighted by Gasteiger charge is -2.37. The van der Waals surface area contributed by atoms with Crippen LogP contribution < -0.4 is 15.4 Å². The van der Waals surface area contributed by atoms with Gasteiger partial charge in [0.15, 0.2) is 17.3 Å². The fraction of sp³-hybridized carbons (Fsp3) is 0.591. The summed E-state index contributed by atoms with van der Waals surface area (Å²) < 4.78 is 17.6. The Morgan fingerprint density at radius 3 is 2.79 bits per heavy atom. The molecular formula is C22H33N3O3S. The Balaban J connectivity index is 1.66. The highest BCUT2D eigenvalue weighted by molar-refractivity contribution is 8.00. The Kier molecular flexibility index (Phi) is 7.72. The van der Waals surface area contributed by atoms with Gasteiger partial charge in [0.25, 0.3) is 0 Å². The second-order valence-corrected chi connectivity index (χ2v) is 9.01. The molecule has 1 unspecified atom stereocenters. The van der Waals surface area contributed by atoms with Crippen LogP contribution in [-0.4, -0.2) is 49.9 Å². The smallest absolute Gasteiger partial charge is 0.191 e. The number of benzene rings is 1. The van der Waals surface area contributed by atoms with Crippen molar-refractivity contribution in [3.8, 4) is 5.75 Å². The molecule has 1 aliphatic heterocycles. The maximum atomic E-state index is 6.12. The molecule has 6 nitrogen and oxygen atoms in total. The number of furan rings is 1. The summed E-state index contributed by atoms with van der Waals surface area (Å²) >= 11 is 2.02. The molecule has 2 N–H and O–H groups in total. The molecule has 1 aromatic carbocycles. The van der Waals surface area contributed by atoms with Crippen molar-refractivity contribution in [3.05, 3.63) is 30.0 Å². The molecule has 160 valence electrons. The van der Waals surface area contributed by atoms with Gasteiger partial charge in [-0.1, -0.05) is 19.1 Å². The average Bonchev–Trinajstić information content (AvgIpc) is 3.18. The van der Waals surface area contributed by atoms with Crippen LogP contribution in [0.4, 0.5) is 0 Å². The molecular weight excluding hydrogens is 386 g/mol. The van der Waals surface area contributed by atoms with Crippen molar-refractivity contribution in [2.24, 2.45) is 4.99 Å². The molecule has 2 aromatic rings. The summed E-state index contributed by atoms with van der Waals surface area (Å²) in [7, 11) is 1.80. The molecule has 29 heavy (non-hydrogen) atoms. The summed E-state index contributed by atoms with van der Waals surface area (Å²) in [6.07, 6.45) is 2.13. The molecule has 0 amide bonds. The fourth-order valence-corrected chi connectivity index (χ4v) is 4.92. The van der Waals surface area contributed by atoms with Crippen molar-refractivity contribution in [2.45, 2.75) is 44.4 Å². The quantitative estimate of drug-likeness (QED) is 0.489. The van der Waals surface area contributed by atoms with E-state index >= 15 is 0 Å². The van der Waals surface area contributed by atoms with Crippen molar-refractivity contribution in [2.75, 3.05) is 39.2 Å². The van der Waals surface area contributed by atoms with Gasteiger partial charge in [-0.3, -0.25) is 4.99 Å². The van der Waals surface area contributed by atoms with E-state index in [-0.39, 0.29) is 10.8 Å². The van der Waals surface area contributed by atoms with Crippen LogP contribution in [0.5, 0.6) is 5.75 Å². The van der Waals surface area contributed by atoms with Gasteiger partial charge in [-0.05, 0) is 44.6 Å². The van der Waals surface area contributed by atoms with Gasteiger partial charge in [0, 0.05) is 36.9 Å². The Morgan fingerprint density at radius 2 is 2.10 bits per heavy atom. The lowest BCUT2D eigenvalue weighted by Crippen LogP contribution is -2.48. The SMILES string of the molecule is CCOc1cccc2cc(C(C)NC(=NC)NCC3(SCC)CCOCC3)oc12. The van der Waals surface area contributed by atoms with E-state index in [9.17, 15) is 0 Å². The number of fused-ring (bicyclic) bond motifs is 1. The van der Waals surface area contributed by atoms with Crippen LogP contribution in [-0.2, 0) is 4.74 Å². The minimum Gasteiger partial charge on any atom is -0.490 e. The molecule has 0 aliphatic carbocycles. The predicted octanol–water partition coefficient (Wildman–Crippen LogP) is 4.36. The molecule has 1 saturated heterocycles. The van der Waals surface area contributed by atoms with Gasteiger partial charge in [0.1, 0.15) is 5.76 Å². The minimum absolute atomic E-state index is 0.0208. The minimum atomic E-state index is -0.0208. The molecule has 1 aliphatic rings. The first-order valence-electron chi connectivity index (χ1n) is 10.4. The van der Waals surface area contributed by atoms with E-state index in [1.807, 2.05) is 36.9 Å². The van der Waals surface area contributed by atoms with Gasteiger partial charge < -0.3 is 24.5 Å². The second-order valence-electron chi connectivity index (χ2n) is 7.28. The molecule has 0 spiro atoms. The van der Waals surface area contributed by atoms with Gasteiger partial charge >= 0.3 is 0 Å². The molecule has 0 saturated carbocycles. The van der Waals surface area contributed by atoms with Crippen molar-refractivity contribution >= 4 is 28.7 Å². The fourth-order valence-electron chi connectivity index (χ4n) is 3.68. The molecule has 1 fully saturated rings. The van der Waals surface area contributed by atoms with Crippen molar-refractivity contribution in [1.29, 1.82) is 0 Å². The van der Waals surface area contributed by atoms with E-state index in [0.29, 0.717) is 6.61 Å². The van der Waals surface area contributed by atoms with Crippen LogP contribution in [0.15, 0.2) is 33.7 Å². The van der Waals surface area contributed by atoms with Gasteiger partial charge in [-0.25, -0.2) is 0 Å². The monoisotopic (exact) mass is 419 g/mol. The highest BCUT2D eigenvalue weighted by Gasteiger charge is 2.32. The number of thioether (sulfide) groups is 1. The van der Waals surface area contributed by atoms with E-state index in [2.05, 4.69) is 35.5 Å². The van der Waals surface area contributed by atoms with Crippen LogP contribution in [0.2, 0.25) is 0 Å². The molecule has 0 radical (unpaired) electrons. The number of nitrogens with one attached hydrogen (secondary N) is 2. The largest absolute Gasteiger partial charge is 0.490 e. The number of rotatable bonds is 8. The molecule has 2 heterocycles. The summed E-state index contributed by atoms with van der Waals surface area (Å²) in [5.41, 5.74) is 0.793. The molecule has 1 atom stereocenters. The van der Waals surface area contributed by atoms with Gasteiger partial charge in [-0.2, -0.15) is 11.8 Å². The van der Waals surface area contributed by atoms with Crippen molar-refractivity contribution in [1.82, 2.24) is 10.6 Å². The number of guanidine groups is 1. The predicted molar refractivity (Wildman–Crippen MR) is 121 cm³/mol. The first-order valence-corrected chi connectivity index (χ1v) is 11.4. The zero-order valence-corrected chi connectivity index (χ0v) is 18.7. The standard InChI is InChI=1S/C22H33N3O3S/c1-5-27-18-9-7-8-17-14-19(28-20(17)18)16(3)25-21(23-4)24-15-22(29-6-2)10-12-26-13-11-22/h7-9,14,16H,5-6,10-13,15H2,1-4H3,(H2,23,24,25). The van der Waals surface area contributed by atoms with Crippen LogP contribution in [0.1, 0.15) is 45.4 Å². The highest BCUT2D eigenvalue weighted by Crippen LogP contribution is 2.35. The lowest BCUT2D eigenvalue weighted by molar-refractivity contribution is 0.0782. The first-order chi connectivity index (χ1) is 14.1. The zero-order chi connectivity index (χ0) is 20.7. The number of nitrogens with zero attached hydrogens (tertiary/aromatic N) is 1. The highest BCUT2D eigenvalue weighted by atomic mass is 32.2. The Hall–Kier alpha value is -1.86. The lowest BCUT2D eigenvalue weighted by atomic mass is 9.99. The number of para-hydroxylation sites is 1. The third kappa shape index (κ3) is 5.39. The Morgan fingerprint density at radius 1 is 1.31 bits per heavy atom. The van der Waals surface area contributed by atoms with Crippen molar-refractivity contribution < 1.29 is 13.9 Å². The van der Waals surface area contributed by atoms with Gasteiger partial charge in [0.05, 0.1) is 12.6 Å².